The fraction of sp³-hybridized carbons (Fsp3) is 0.154. The third-order valence-electron chi connectivity index (χ3n) is 2.38. The highest BCUT2D eigenvalue weighted by Gasteiger charge is 2.18. The maximum atomic E-state index is 11.5. The van der Waals surface area contributed by atoms with Gasteiger partial charge in [-0.1, -0.05) is 23.7 Å². The van der Waals surface area contributed by atoms with Crippen molar-refractivity contribution in [3.63, 3.8) is 0 Å². The highest BCUT2D eigenvalue weighted by atomic mass is 35.5. The first-order valence-electron chi connectivity index (χ1n) is 5.86. The van der Waals surface area contributed by atoms with Gasteiger partial charge in [-0.25, -0.2) is 4.79 Å². The number of carbonyl (C=O) groups is 1. The Bertz CT molecular complexity index is 654. The molecule has 0 spiro atoms. The van der Waals surface area contributed by atoms with Gasteiger partial charge < -0.3 is 13.9 Å². The van der Waals surface area contributed by atoms with E-state index in [1.165, 1.54) is 6.07 Å². The first kappa shape index (κ1) is 14.9. The Morgan fingerprint density at radius 3 is 2.67 bits per heavy atom. The van der Waals surface area contributed by atoms with E-state index in [2.05, 4.69) is 0 Å². The van der Waals surface area contributed by atoms with Crippen LogP contribution in [0.4, 0.5) is 5.88 Å². The Morgan fingerprint density at radius 2 is 2.00 bits per heavy atom. The van der Waals surface area contributed by atoms with Gasteiger partial charge in [-0.05, 0) is 18.2 Å². The predicted molar refractivity (Wildman–Crippen MR) is 72.6 cm³/mol. The van der Waals surface area contributed by atoms with Crippen LogP contribution in [0, 0.1) is 10.1 Å². The van der Waals surface area contributed by atoms with Crippen molar-refractivity contribution in [1.29, 1.82) is 0 Å². The summed E-state index contributed by atoms with van der Waals surface area (Å²) in [5.74, 6) is -1.08. The van der Waals surface area contributed by atoms with Crippen LogP contribution < -0.4 is 4.74 Å². The lowest BCUT2D eigenvalue weighted by Gasteiger charge is -2.07. The molecule has 0 aliphatic rings. The molecule has 0 aliphatic carbocycles. The second kappa shape index (κ2) is 6.76. The minimum atomic E-state index is -0.800. The minimum absolute atomic E-state index is 0.0431. The van der Waals surface area contributed by atoms with E-state index >= 15 is 0 Å². The van der Waals surface area contributed by atoms with Crippen molar-refractivity contribution in [1.82, 2.24) is 0 Å². The fourth-order valence-corrected chi connectivity index (χ4v) is 1.64. The number of hydrogen-bond acceptors (Lipinski definition) is 6. The topological polar surface area (TPSA) is 91.8 Å². The van der Waals surface area contributed by atoms with Crippen molar-refractivity contribution in [3.05, 3.63) is 57.3 Å². The van der Waals surface area contributed by atoms with Gasteiger partial charge in [0.1, 0.15) is 23.9 Å². The van der Waals surface area contributed by atoms with Gasteiger partial charge in [0.2, 0.25) is 5.76 Å². The zero-order chi connectivity index (χ0) is 15.2. The Kier molecular flexibility index (Phi) is 4.78. The van der Waals surface area contributed by atoms with E-state index in [-0.39, 0.29) is 19.0 Å². The summed E-state index contributed by atoms with van der Waals surface area (Å²) in [6, 6.07) is 9.13. The highest BCUT2D eigenvalue weighted by Crippen LogP contribution is 2.22. The molecule has 0 unspecified atom stereocenters. The molecule has 2 rings (SSSR count). The number of carbonyl (C=O) groups excluding carboxylic acids is 1. The number of nitro groups is 1. The van der Waals surface area contributed by atoms with Gasteiger partial charge in [-0.3, -0.25) is 10.1 Å². The van der Waals surface area contributed by atoms with Crippen molar-refractivity contribution < 1.29 is 23.6 Å². The van der Waals surface area contributed by atoms with E-state index in [0.29, 0.717) is 10.8 Å². The lowest BCUT2D eigenvalue weighted by atomic mass is 10.3. The van der Waals surface area contributed by atoms with Crippen molar-refractivity contribution in [2.24, 2.45) is 0 Å². The minimum Gasteiger partial charge on any atom is -0.488 e. The number of esters is 1. The molecule has 0 bridgehead atoms. The molecule has 1 aromatic heterocycles. The molecule has 0 fully saturated rings. The summed E-state index contributed by atoms with van der Waals surface area (Å²) in [7, 11) is 0. The molecule has 0 saturated carbocycles. The van der Waals surface area contributed by atoms with Crippen molar-refractivity contribution >= 4 is 23.5 Å². The van der Waals surface area contributed by atoms with Crippen LogP contribution in [0.1, 0.15) is 10.6 Å². The molecule has 1 heterocycles. The molecule has 21 heavy (non-hydrogen) atoms. The summed E-state index contributed by atoms with van der Waals surface area (Å²) in [5.41, 5.74) is 0. The molecule has 0 radical (unpaired) electrons. The number of rotatable bonds is 6. The molecule has 0 N–H and O–H groups in total. The SMILES string of the molecule is O=C(OCCOc1ccccc1Cl)c1ccc([N+](=O)[O-])o1. The lowest BCUT2D eigenvalue weighted by Crippen LogP contribution is -2.12. The second-order valence-electron chi connectivity index (χ2n) is 3.81. The molecule has 1 aromatic carbocycles. The zero-order valence-corrected chi connectivity index (χ0v) is 11.4. The average Bonchev–Trinajstić information content (AvgIpc) is 2.95. The Balaban J connectivity index is 1.79. The predicted octanol–water partition coefficient (Wildman–Crippen LogP) is 3.08. The Labute approximate surface area is 124 Å². The number of para-hydroxylation sites is 1. The fourth-order valence-electron chi connectivity index (χ4n) is 1.45. The van der Waals surface area contributed by atoms with Crippen LogP contribution in [-0.2, 0) is 4.74 Å². The van der Waals surface area contributed by atoms with E-state index in [0.717, 1.165) is 6.07 Å². The molecule has 0 saturated heterocycles. The van der Waals surface area contributed by atoms with E-state index in [1.54, 1.807) is 24.3 Å². The van der Waals surface area contributed by atoms with Crippen LogP contribution in [0.3, 0.4) is 0 Å². The quantitative estimate of drug-likeness (QED) is 0.352. The molecular formula is C13H10ClNO6. The number of nitrogens with zero attached hydrogens (tertiary/aromatic N) is 1. The van der Waals surface area contributed by atoms with Gasteiger partial charge in [0.25, 0.3) is 0 Å². The Hall–Kier alpha value is -2.54. The number of furan rings is 1. The van der Waals surface area contributed by atoms with Crippen LogP contribution >= 0.6 is 11.6 Å². The van der Waals surface area contributed by atoms with Crippen LogP contribution in [0.2, 0.25) is 5.02 Å². The summed E-state index contributed by atoms with van der Waals surface area (Å²) < 4.78 is 14.9. The first-order chi connectivity index (χ1) is 10.1. The molecule has 8 heteroatoms. The van der Waals surface area contributed by atoms with Gasteiger partial charge in [-0.15, -0.1) is 0 Å². The maximum Gasteiger partial charge on any atom is 0.433 e. The molecule has 0 atom stereocenters. The van der Waals surface area contributed by atoms with E-state index in [9.17, 15) is 14.9 Å². The number of ether oxygens (including phenoxy) is 2. The first-order valence-corrected chi connectivity index (χ1v) is 6.24. The average molecular weight is 312 g/mol. The summed E-state index contributed by atoms with van der Waals surface area (Å²) >= 11 is 5.88. The largest absolute Gasteiger partial charge is 0.488 e. The molecule has 2 aromatic rings. The molecular weight excluding hydrogens is 302 g/mol. The summed E-state index contributed by atoms with van der Waals surface area (Å²) in [6.45, 7) is 0.0524. The normalized spacial score (nSPS) is 10.1. The van der Waals surface area contributed by atoms with Gasteiger partial charge >= 0.3 is 11.9 Å². The monoisotopic (exact) mass is 311 g/mol. The van der Waals surface area contributed by atoms with Gasteiger partial charge in [0, 0.05) is 0 Å². The van der Waals surface area contributed by atoms with Gasteiger partial charge in [-0.2, -0.15) is 0 Å². The summed E-state index contributed by atoms with van der Waals surface area (Å²) in [6.07, 6.45) is 0. The van der Waals surface area contributed by atoms with Crippen LogP contribution in [0.5, 0.6) is 5.75 Å². The van der Waals surface area contributed by atoms with Gasteiger partial charge in [0.05, 0.1) is 11.1 Å². The molecule has 0 aliphatic heterocycles. The van der Waals surface area contributed by atoms with E-state index in [4.69, 9.17) is 25.5 Å². The zero-order valence-electron chi connectivity index (χ0n) is 10.7. The number of benzene rings is 1. The summed E-state index contributed by atoms with van der Waals surface area (Å²) in [4.78, 5) is 21.2. The smallest absolute Gasteiger partial charge is 0.433 e. The van der Waals surface area contributed by atoms with E-state index < -0.39 is 16.8 Å². The molecule has 0 amide bonds. The molecule has 7 nitrogen and oxygen atoms in total. The van der Waals surface area contributed by atoms with Crippen molar-refractivity contribution in [2.45, 2.75) is 0 Å². The van der Waals surface area contributed by atoms with Gasteiger partial charge in [0.15, 0.2) is 0 Å². The van der Waals surface area contributed by atoms with Crippen molar-refractivity contribution in [3.8, 4) is 5.75 Å². The number of halogens is 1. The lowest BCUT2D eigenvalue weighted by molar-refractivity contribution is -0.402. The Morgan fingerprint density at radius 1 is 1.24 bits per heavy atom. The third-order valence-corrected chi connectivity index (χ3v) is 2.70. The molecule has 110 valence electrons. The standard InChI is InChI=1S/C13H10ClNO6/c14-9-3-1-2-4-10(9)19-7-8-20-13(16)11-5-6-12(21-11)15(17)18/h1-6H,7-8H2. The number of hydrogen-bond donors (Lipinski definition) is 0. The second-order valence-corrected chi connectivity index (χ2v) is 4.22. The van der Waals surface area contributed by atoms with Crippen LogP contribution in [-0.4, -0.2) is 24.1 Å². The van der Waals surface area contributed by atoms with Crippen LogP contribution in [0.15, 0.2) is 40.8 Å². The maximum absolute atomic E-state index is 11.5. The van der Waals surface area contributed by atoms with Crippen LogP contribution in [0.25, 0.3) is 0 Å². The summed E-state index contributed by atoms with van der Waals surface area (Å²) in [5, 5.41) is 10.9. The third kappa shape index (κ3) is 3.96. The highest BCUT2D eigenvalue weighted by molar-refractivity contribution is 6.32. The van der Waals surface area contributed by atoms with Crippen molar-refractivity contribution in [2.75, 3.05) is 13.2 Å². The van der Waals surface area contributed by atoms with E-state index in [1.807, 2.05) is 0 Å².